The molecule has 0 atom stereocenters. The van der Waals surface area contributed by atoms with Gasteiger partial charge in [-0.05, 0) is 19.1 Å². The van der Waals surface area contributed by atoms with Crippen molar-refractivity contribution in [2.45, 2.75) is 20.0 Å². The van der Waals surface area contributed by atoms with Crippen molar-refractivity contribution >= 4 is 17.5 Å². The molecule has 0 saturated heterocycles. The Kier molecular flexibility index (Phi) is 5.41. The highest BCUT2D eigenvalue weighted by Crippen LogP contribution is 2.31. The Hall–Kier alpha value is -3.04. The number of amides is 1. The molecule has 0 spiro atoms. The Morgan fingerprint density at radius 1 is 1.31 bits per heavy atom. The number of pyridine rings is 1. The maximum Gasteiger partial charge on any atom is 0.324 e. The lowest BCUT2D eigenvalue weighted by molar-refractivity contribution is 0.0946. The molecule has 3 aromatic heterocycles. The van der Waals surface area contributed by atoms with Crippen LogP contribution in [-0.4, -0.2) is 39.0 Å². The van der Waals surface area contributed by atoms with Crippen LogP contribution in [0.15, 0.2) is 24.5 Å². The number of fused-ring (bicyclic) bond motifs is 1. The van der Waals surface area contributed by atoms with E-state index in [1.807, 2.05) is 6.92 Å². The Morgan fingerprint density at radius 2 is 2.17 bits per heavy atom. The smallest absolute Gasteiger partial charge is 0.324 e. The van der Waals surface area contributed by atoms with E-state index in [2.05, 4.69) is 25.3 Å². The lowest BCUT2D eigenvalue weighted by Crippen LogP contribution is -2.31. The van der Waals surface area contributed by atoms with E-state index in [-0.39, 0.29) is 35.1 Å². The van der Waals surface area contributed by atoms with Crippen molar-refractivity contribution in [2.24, 2.45) is 0 Å². The zero-order valence-corrected chi connectivity index (χ0v) is 16.2. The molecule has 0 radical (unpaired) electrons. The number of hydrogen-bond donors (Lipinski definition) is 2. The van der Waals surface area contributed by atoms with Crippen molar-refractivity contribution in [1.82, 2.24) is 25.3 Å². The number of nitrogens with zero attached hydrogens (tertiary/aromatic N) is 3. The Bertz CT molecular complexity index is 1070. The molecule has 1 aliphatic rings. The second-order valence-electron chi connectivity index (χ2n) is 6.27. The molecule has 0 unspecified atom stereocenters. The number of carbonyl (C=O) groups is 1. The summed E-state index contributed by atoms with van der Waals surface area (Å²) in [5.41, 5.74) is 2.55. The molecule has 1 amide bonds. The summed E-state index contributed by atoms with van der Waals surface area (Å²) in [4.78, 5) is 27.0. The number of aromatic nitrogens is 4. The van der Waals surface area contributed by atoms with E-state index in [0.717, 1.165) is 5.69 Å². The highest BCUT2D eigenvalue weighted by Gasteiger charge is 2.22. The molecule has 150 valence electrons. The van der Waals surface area contributed by atoms with Crippen molar-refractivity contribution in [3.63, 3.8) is 0 Å². The zero-order valence-electron chi connectivity index (χ0n) is 15.5. The summed E-state index contributed by atoms with van der Waals surface area (Å²) in [6.07, 6.45) is 3.51. The Balaban J connectivity index is 1.61. The molecule has 0 fully saturated rings. The van der Waals surface area contributed by atoms with Gasteiger partial charge in [0.1, 0.15) is 5.15 Å². The van der Waals surface area contributed by atoms with Crippen LogP contribution >= 0.6 is 11.6 Å². The Morgan fingerprint density at radius 3 is 2.93 bits per heavy atom. The topological polar surface area (TPSA) is 102 Å². The Labute approximate surface area is 170 Å². The van der Waals surface area contributed by atoms with Gasteiger partial charge in [0.05, 0.1) is 12.2 Å². The van der Waals surface area contributed by atoms with E-state index in [1.54, 1.807) is 6.07 Å². The van der Waals surface area contributed by atoms with E-state index >= 15 is 4.39 Å². The number of rotatable bonds is 6. The SMILES string of the molecule is CCOCc1cnc(Oc2nccc(-c3cc4c([nH]3)CCNC4=O)c2F)nc1Cl. The van der Waals surface area contributed by atoms with Crippen LogP contribution in [0, 0.1) is 5.82 Å². The van der Waals surface area contributed by atoms with E-state index in [1.165, 1.54) is 18.5 Å². The molecular weight excluding hydrogens is 401 g/mol. The minimum Gasteiger partial charge on any atom is -0.402 e. The lowest BCUT2D eigenvalue weighted by atomic mass is 10.1. The third kappa shape index (κ3) is 3.92. The quantitative estimate of drug-likeness (QED) is 0.597. The molecule has 29 heavy (non-hydrogen) atoms. The molecule has 4 rings (SSSR count). The third-order valence-corrected chi connectivity index (χ3v) is 4.72. The van der Waals surface area contributed by atoms with Gasteiger partial charge < -0.3 is 19.8 Å². The molecule has 10 heteroatoms. The van der Waals surface area contributed by atoms with Gasteiger partial charge in [-0.25, -0.2) is 14.4 Å². The fraction of sp³-hybridized carbons (Fsp3) is 0.263. The number of hydrogen-bond acceptors (Lipinski definition) is 6. The maximum absolute atomic E-state index is 15.0. The number of H-pyrrole nitrogens is 1. The second kappa shape index (κ2) is 8.14. The minimum atomic E-state index is -0.704. The van der Waals surface area contributed by atoms with E-state index in [9.17, 15) is 4.79 Å². The van der Waals surface area contributed by atoms with Crippen molar-refractivity contribution in [3.8, 4) is 23.1 Å². The van der Waals surface area contributed by atoms with Gasteiger partial charge in [-0.2, -0.15) is 4.98 Å². The van der Waals surface area contributed by atoms with Crippen LogP contribution in [0.3, 0.4) is 0 Å². The maximum atomic E-state index is 15.0. The van der Waals surface area contributed by atoms with Crippen LogP contribution in [0.25, 0.3) is 11.3 Å². The fourth-order valence-electron chi connectivity index (χ4n) is 2.96. The van der Waals surface area contributed by atoms with Crippen LogP contribution in [0.4, 0.5) is 4.39 Å². The monoisotopic (exact) mass is 417 g/mol. The number of carbonyl (C=O) groups excluding carboxylic acids is 1. The van der Waals surface area contributed by atoms with Gasteiger partial charge in [0, 0.05) is 54.5 Å². The van der Waals surface area contributed by atoms with Crippen molar-refractivity contribution in [1.29, 1.82) is 0 Å². The molecule has 0 saturated carbocycles. The number of ether oxygens (including phenoxy) is 2. The summed E-state index contributed by atoms with van der Waals surface area (Å²) in [5, 5.41) is 2.91. The minimum absolute atomic E-state index is 0.135. The normalized spacial score (nSPS) is 13.1. The van der Waals surface area contributed by atoms with Gasteiger partial charge >= 0.3 is 6.01 Å². The summed E-state index contributed by atoms with van der Waals surface area (Å²) < 4.78 is 25.7. The van der Waals surface area contributed by atoms with Crippen molar-refractivity contribution in [3.05, 3.63) is 52.3 Å². The van der Waals surface area contributed by atoms with Crippen LogP contribution in [0.5, 0.6) is 11.9 Å². The molecule has 0 aliphatic carbocycles. The predicted molar refractivity (Wildman–Crippen MR) is 102 cm³/mol. The zero-order chi connectivity index (χ0) is 20.4. The van der Waals surface area contributed by atoms with Crippen molar-refractivity contribution < 1.29 is 18.7 Å². The first kappa shape index (κ1) is 19.3. The fourth-order valence-corrected chi connectivity index (χ4v) is 3.13. The molecule has 0 aromatic carbocycles. The molecule has 2 N–H and O–H groups in total. The van der Waals surface area contributed by atoms with E-state index in [4.69, 9.17) is 21.1 Å². The highest BCUT2D eigenvalue weighted by molar-refractivity contribution is 6.30. The molecule has 0 bridgehead atoms. The van der Waals surface area contributed by atoms with Gasteiger partial charge in [0.15, 0.2) is 5.82 Å². The van der Waals surface area contributed by atoms with Crippen molar-refractivity contribution in [2.75, 3.05) is 13.2 Å². The van der Waals surface area contributed by atoms with Gasteiger partial charge in [-0.3, -0.25) is 4.79 Å². The summed E-state index contributed by atoms with van der Waals surface area (Å²) in [5.74, 6) is -1.19. The van der Waals surface area contributed by atoms with Crippen LogP contribution in [0.1, 0.15) is 28.5 Å². The molecule has 4 heterocycles. The molecule has 1 aliphatic heterocycles. The van der Waals surface area contributed by atoms with Crippen LogP contribution < -0.4 is 10.1 Å². The lowest BCUT2D eigenvalue weighted by Gasteiger charge is -2.11. The van der Waals surface area contributed by atoms with Gasteiger partial charge in [0.2, 0.25) is 0 Å². The van der Waals surface area contributed by atoms with E-state index < -0.39 is 5.82 Å². The van der Waals surface area contributed by atoms with Gasteiger partial charge in [-0.1, -0.05) is 11.6 Å². The standard InChI is InChI=1S/C19H17ClFN5O3/c1-2-28-9-10-8-24-19(26-16(10)20)29-18-15(21)11(3-5-23-18)14-7-12-13(25-14)4-6-22-17(12)27/h3,5,7-8,25H,2,4,6,9H2,1H3,(H,22,27). The first-order valence-electron chi connectivity index (χ1n) is 8.98. The first-order valence-corrected chi connectivity index (χ1v) is 9.36. The molecular formula is C19H17ClFN5O3. The summed E-state index contributed by atoms with van der Waals surface area (Å²) in [7, 11) is 0. The predicted octanol–water partition coefficient (Wildman–Crippen LogP) is 3.27. The number of halogens is 2. The average molecular weight is 418 g/mol. The summed E-state index contributed by atoms with van der Waals surface area (Å²) >= 11 is 6.10. The first-order chi connectivity index (χ1) is 14.1. The highest BCUT2D eigenvalue weighted by atomic mass is 35.5. The molecule has 8 nitrogen and oxygen atoms in total. The van der Waals surface area contributed by atoms with E-state index in [0.29, 0.717) is 36.4 Å². The third-order valence-electron chi connectivity index (χ3n) is 4.39. The number of nitrogens with one attached hydrogen (secondary N) is 2. The summed E-state index contributed by atoms with van der Waals surface area (Å²) in [6, 6.07) is 2.97. The van der Waals surface area contributed by atoms with Gasteiger partial charge in [-0.15, -0.1) is 0 Å². The second-order valence-corrected chi connectivity index (χ2v) is 6.62. The van der Waals surface area contributed by atoms with Crippen LogP contribution in [-0.2, 0) is 17.8 Å². The number of aromatic amines is 1. The van der Waals surface area contributed by atoms with Gasteiger partial charge in [0.25, 0.3) is 11.8 Å². The van der Waals surface area contributed by atoms with Crippen LogP contribution in [0.2, 0.25) is 5.15 Å². The average Bonchev–Trinajstić information content (AvgIpc) is 3.14. The largest absolute Gasteiger partial charge is 0.402 e. The molecule has 3 aromatic rings. The summed E-state index contributed by atoms with van der Waals surface area (Å²) in [6.45, 7) is 3.19.